The Hall–Kier alpha value is -2.41. The molecule has 186 valence electrons. The van der Waals surface area contributed by atoms with Crippen molar-refractivity contribution in [3.8, 4) is 0 Å². The van der Waals surface area contributed by atoms with Crippen LogP contribution in [-0.2, 0) is 14.2 Å². The SMILES string of the molecule is COCC1CN(C(=O)OC(C)(C)C)C(OC)C(c2ccc3ccccc3c2)C1c1ccc(Br)cc1. The van der Waals surface area contributed by atoms with E-state index in [-0.39, 0.29) is 23.8 Å². The quantitative estimate of drug-likeness (QED) is 0.351. The molecule has 4 atom stereocenters. The molecule has 5 nitrogen and oxygen atoms in total. The first-order valence-electron chi connectivity index (χ1n) is 12.0. The number of halogens is 1. The summed E-state index contributed by atoms with van der Waals surface area (Å²) in [5.74, 6) is 0.0108. The Morgan fingerprint density at radius 2 is 1.60 bits per heavy atom. The summed E-state index contributed by atoms with van der Waals surface area (Å²) in [4.78, 5) is 15.1. The zero-order valence-corrected chi connectivity index (χ0v) is 22.6. The minimum absolute atomic E-state index is 0.0524. The zero-order valence-electron chi connectivity index (χ0n) is 21.0. The maximum Gasteiger partial charge on any atom is 0.412 e. The molecule has 0 N–H and O–H groups in total. The monoisotopic (exact) mass is 539 g/mol. The summed E-state index contributed by atoms with van der Waals surface area (Å²) in [6.45, 7) is 6.64. The fraction of sp³-hybridized carbons (Fsp3) is 0.414. The van der Waals surface area contributed by atoms with Crippen molar-refractivity contribution in [2.24, 2.45) is 5.92 Å². The highest BCUT2D eigenvalue weighted by Gasteiger charge is 2.48. The van der Waals surface area contributed by atoms with Gasteiger partial charge in [0.15, 0.2) is 0 Å². The largest absolute Gasteiger partial charge is 0.444 e. The Morgan fingerprint density at radius 3 is 2.23 bits per heavy atom. The number of fused-ring (bicyclic) bond motifs is 1. The minimum atomic E-state index is -0.604. The molecule has 3 aromatic rings. The molecule has 0 spiro atoms. The molecule has 4 rings (SSSR count). The third-order valence-corrected chi connectivity index (χ3v) is 7.13. The molecule has 1 aliphatic heterocycles. The standard InChI is InChI=1S/C29H34BrNO4/c1-29(2,3)35-28(32)31-17-23(18-33-4)25(20-12-14-24(30)15-13-20)26(27(31)34-5)22-11-10-19-8-6-7-9-21(19)16-22/h6-16,23,25-27H,17-18H2,1-5H3. The van der Waals surface area contributed by atoms with Crippen LogP contribution in [0, 0.1) is 5.92 Å². The topological polar surface area (TPSA) is 48.0 Å². The number of methoxy groups -OCH3 is 2. The molecule has 0 bridgehead atoms. The third-order valence-electron chi connectivity index (χ3n) is 6.60. The van der Waals surface area contributed by atoms with Crippen molar-refractivity contribution in [3.63, 3.8) is 0 Å². The average Bonchev–Trinajstić information content (AvgIpc) is 2.82. The number of benzene rings is 3. The van der Waals surface area contributed by atoms with E-state index in [1.54, 1.807) is 19.1 Å². The summed E-state index contributed by atoms with van der Waals surface area (Å²) in [5, 5.41) is 2.34. The molecule has 3 aromatic carbocycles. The molecule has 1 amide bonds. The van der Waals surface area contributed by atoms with Crippen molar-refractivity contribution in [3.05, 3.63) is 82.3 Å². The lowest BCUT2D eigenvalue weighted by molar-refractivity contribution is -0.101. The van der Waals surface area contributed by atoms with Crippen LogP contribution >= 0.6 is 15.9 Å². The summed E-state index contributed by atoms with van der Waals surface area (Å²) in [7, 11) is 3.38. The number of likely N-dealkylation sites (tertiary alicyclic amines) is 1. The lowest BCUT2D eigenvalue weighted by Gasteiger charge is -2.49. The highest BCUT2D eigenvalue weighted by Crippen LogP contribution is 2.47. The van der Waals surface area contributed by atoms with E-state index in [2.05, 4.69) is 70.5 Å². The number of rotatable bonds is 5. The second kappa shape index (κ2) is 10.7. The van der Waals surface area contributed by atoms with Gasteiger partial charge in [0.25, 0.3) is 0 Å². The van der Waals surface area contributed by atoms with Gasteiger partial charge >= 0.3 is 6.09 Å². The van der Waals surface area contributed by atoms with Gasteiger partial charge in [-0.25, -0.2) is 4.79 Å². The van der Waals surface area contributed by atoms with E-state index in [1.165, 1.54) is 10.9 Å². The summed E-state index contributed by atoms with van der Waals surface area (Å²) < 4.78 is 18.6. The van der Waals surface area contributed by atoms with Crippen LogP contribution in [0.15, 0.2) is 71.2 Å². The average molecular weight is 540 g/mol. The van der Waals surface area contributed by atoms with E-state index in [9.17, 15) is 4.79 Å². The van der Waals surface area contributed by atoms with Gasteiger partial charge in [0.05, 0.1) is 6.61 Å². The molecule has 0 aliphatic carbocycles. The Balaban J connectivity index is 1.86. The highest BCUT2D eigenvalue weighted by molar-refractivity contribution is 9.10. The first-order chi connectivity index (χ1) is 16.7. The zero-order chi connectivity index (χ0) is 25.2. The van der Waals surface area contributed by atoms with E-state index < -0.39 is 11.8 Å². The number of carbonyl (C=O) groups is 1. The van der Waals surface area contributed by atoms with Crippen LogP contribution in [0.25, 0.3) is 10.8 Å². The third kappa shape index (κ3) is 5.71. The van der Waals surface area contributed by atoms with E-state index in [1.807, 2.05) is 32.9 Å². The van der Waals surface area contributed by atoms with Gasteiger partial charge in [-0.3, -0.25) is 4.90 Å². The maximum atomic E-state index is 13.4. The summed E-state index contributed by atoms with van der Waals surface area (Å²) >= 11 is 3.57. The van der Waals surface area contributed by atoms with Crippen molar-refractivity contribution in [1.29, 1.82) is 0 Å². The number of amides is 1. The second-order valence-corrected chi connectivity index (χ2v) is 11.1. The van der Waals surface area contributed by atoms with Crippen LogP contribution in [0.3, 0.4) is 0 Å². The Bertz CT molecular complexity index is 1160. The fourth-order valence-corrected chi connectivity index (χ4v) is 5.49. The second-order valence-electron chi connectivity index (χ2n) is 10.2. The van der Waals surface area contributed by atoms with Crippen LogP contribution in [0.1, 0.15) is 43.7 Å². The van der Waals surface area contributed by atoms with E-state index in [0.29, 0.717) is 13.2 Å². The fourth-order valence-electron chi connectivity index (χ4n) is 5.23. The predicted molar refractivity (Wildman–Crippen MR) is 143 cm³/mol. The van der Waals surface area contributed by atoms with Gasteiger partial charge in [0, 0.05) is 43.0 Å². The van der Waals surface area contributed by atoms with Gasteiger partial charge in [0.1, 0.15) is 11.8 Å². The normalized spacial score (nSPS) is 22.9. The van der Waals surface area contributed by atoms with E-state index in [0.717, 1.165) is 15.4 Å². The van der Waals surface area contributed by atoms with Crippen LogP contribution in [0.5, 0.6) is 0 Å². The summed E-state index contributed by atoms with van der Waals surface area (Å²) in [5.41, 5.74) is 1.71. The molecule has 1 saturated heterocycles. The number of piperidine rings is 1. The lowest BCUT2D eigenvalue weighted by atomic mass is 9.70. The molecule has 1 aliphatic rings. The molecule has 1 fully saturated rings. The molecular formula is C29H34BrNO4. The van der Waals surface area contributed by atoms with Gasteiger partial charge in [-0.15, -0.1) is 0 Å². The number of hydrogen-bond acceptors (Lipinski definition) is 4. The van der Waals surface area contributed by atoms with Crippen LogP contribution in [0.4, 0.5) is 4.79 Å². The van der Waals surface area contributed by atoms with Crippen molar-refractivity contribution in [1.82, 2.24) is 4.90 Å². The highest BCUT2D eigenvalue weighted by atomic mass is 79.9. The predicted octanol–water partition coefficient (Wildman–Crippen LogP) is 6.96. The molecular weight excluding hydrogens is 506 g/mol. The van der Waals surface area contributed by atoms with Crippen molar-refractivity contribution in [2.75, 3.05) is 27.4 Å². The summed E-state index contributed by atoms with van der Waals surface area (Å²) in [6.07, 6.45) is -0.863. The molecule has 0 radical (unpaired) electrons. The molecule has 4 unspecified atom stereocenters. The molecule has 0 saturated carbocycles. The maximum absolute atomic E-state index is 13.4. The van der Waals surface area contributed by atoms with Gasteiger partial charge in [-0.05, 0) is 54.8 Å². The van der Waals surface area contributed by atoms with Crippen LogP contribution in [-0.4, -0.2) is 50.2 Å². The van der Waals surface area contributed by atoms with Crippen LogP contribution < -0.4 is 0 Å². The Morgan fingerprint density at radius 1 is 0.943 bits per heavy atom. The Labute approximate surface area is 216 Å². The van der Waals surface area contributed by atoms with Crippen LogP contribution in [0.2, 0.25) is 0 Å². The van der Waals surface area contributed by atoms with Gasteiger partial charge in [-0.2, -0.15) is 0 Å². The first kappa shape index (κ1) is 25.7. The molecule has 0 aromatic heterocycles. The van der Waals surface area contributed by atoms with Gasteiger partial charge in [0.2, 0.25) is 0 Å². The lowest BCUT2D eigenvalue weighted by Crippen LogP contribution is -2.56. The van der Waals surface area contributed by atoms with E-state index >= 15 is 0 Å². The number of ether oxygens (including phenoxy) is 3. The van der Waals surface area contributed by atoms with E-state index in [4.69, 9.17) is 14.2 Å². The van der Waals surface area contributed by atoms with Crippen molar-refractivity contribution < 1.29 is 19.0 Å². The number of hydrogen-bond donors (Lipinski definition) is 0. The van der Waals surface area contributed by atoms with Crippen molar-refractivity contribution in [2.45, 2.75) is 44.4 Å². The molecule has 6 heteroatoms. The van der Waals surface area contributed by atoms with Crippen molar-refractivity contribution >= 4 is 32.8 Å². The smallest absolute Gasteiger partial charge is 0.412 e. The van der Waals surface area contributed by atoms with Gasteiger partial charge < -0.3 is 14.2 Å². The molecule has 35 heavy (non-hydrogen) atoms. The first-order valence-corrected chi connectivity index (χ1v) is 12.8. The number of nitrogens with zero attached hydrogens (tertiary/aromatic N) is 1. The number of carbonyl (C=O) groups excluding carboxylic acids is 1. The Kier molecular flexibility index (Phi) is 7.84. The van der Waals surface area contributed by atoms with Gasteiger partial charge in [-0.1, -0.05) is 70.5 Å². The molecule has 1 heterocycles. The summed E-state index contributed by atoms with van der Waals surface area (Å²) in [6, 6.07) is 23.3. The minimum Gasteiger partial charge on any atom is -0.444 e.